The Hall–Kier alpha value is -2.44. The Bertz CT molecular complexity index is 935. The summed E-state index contributed by atoms with van der Waals surface area (Å²) in [5.41, 5.74) is 8.93. The molecule has 1 saturated heterocycles. The van der Waals surface area contributed by atoms with Crippen LogP contribution in [0, 0.1) is 0 Å². The summed E-state index contributed by atoms with van der Waals surface area (Å²) >= 11 is 6.02. The third-order valence-electron chi connectivity index (χ3n) is 6.10. The van der Waals surface area contributed by atoms with Gasteiger partial charge < -0.3 is 16.0 Å². The van der Waals surface area contributed by atoms with Crippen LogP contribution in [0.3, 0.4) is 0 Å². The fraction of sp³-hybridized carbons (Fsp3) is 0.435. The maximum Gasteiger partial charge on any atom is 0.240 e. The minimum Gasteiger partial charge on any atom is -0.356 e. The van der Waals surface area contributed by atoms with Gasteiger partial charge in [0.1, 0.15) is 12.1 Å². The van der Waals surface area contributed by atoms with E-state index in [1.807, 2.05) is 24.3 Å². The third kappa shape index (κ3) is 4.20. The van der Waals surface area contributed by atoms with Crippen LogP contribution in [0.4, 0.5) is 5.82 Å². The Balaban J connectivity index is 1.43. The molecule has 6 nitrogen and oxygen atoms in total. The minimum atomic E-state index is -0.874. The third-order valence-corrected chi connectivity index (χ3v) is 6.36. The van der Waals surface area contributed by atoms with E-state index < -0.39 is 5.54 Å². The average Bonchev–Trinajstić information content (AvgIpc) is 3.24. The smallest absolute Gasteiger partial charge is 0.240 e. The van der Waals surface area contributed by atoms with Crippen LogP contribution in [0.5, 0.6) is 0 Å². The summed E-state index contributed by atoms with van der Waals surface area (Å²) in [4.78, 5) is 24.2. The molecule has 2 aliphatic rings. The molecule has 1 aromatic heterocycles. The Morgan fingerprint density at radius 3 is 2.70 bits per heavy atom. The molecule has 2 heterocycles. The lowest BCUT2D eigenvalue weighted by molar-refractivity contribution is -0.128. The van der Waals surface area contributed by atoms with E-state index in [2.05, 4.69) is 39.3 Å². The van der Waals surface area contributed by atoms with Gasteiger partial charge in [0.05, 0.1) is 17.3 Å². The first kappa shape index (κ1) is 20.8. The first-order valence-electron chi connectivity index (χ1n) is 10.6. The number of nitrogens with zero attached hydrogens (tertiary/aromatic N) is 3. The van der Waals surface area contributed by atoms with Gasteiger partial charge in [0.2, 0.25) is 5.91 Å². The lowest BCUT2D eigenvalue weighted by atomic mass is 9.86. The van der Waals surface area contributed by atoms with Gasteiger partial charge in [-0.15, -0.1) is 0 Å². The van der Waals surface area contributed by atoms with Crippen molar-refractivity contribution in [2.45, 2.75) is 50.6 Å². The lowest BCUT2D eigenvalue weighted by Crippen LogP contribution is -2.60. The molecule has 3 N–H and O–H groups in total. The van der Waals surface area contributed by atoms with E-state index >= 15 is 0 Å². The summed E-state index contributed by atoms with van der Waals surface area (Å²) in [5.74, 6) is 0.865. The van der Waals surface area contributed by atoms with Gasteiger partial charge in [-0.3, -0.25) is 4.79 Å². The lowest BCUT2D eigenvalue weighted by Gasteiger charge is -2.39. The largest absolute Gasteiger partial charge is 0.356 e. The number of hydrogen-bond donors (Lipinski definition) is 2. The SMILES string of the molecule is CCC[C@H](NC(=O)C1(N)CCN(c2ncnc3c2C=CC3)CC1)c1ccc(Cl)cc1. The molecule has 4 rings (SSSR count). The molecule has 0 radical (unpaired) electrons. The number of carbonyl (C=O) groups excluding carboxylic acids is 1. The van der Waals surface area contributed by atoms with Crippen LogP contribution in [0.1, 0.15) is 55.5 Å². The fourth-order valence-corrected chi connectivity index (χ4v) is 4.37. The second-order valence-electron chi connectivity index (χ2n) is 8.17. The number of fused-ring (bicyclic) bond motifs is 1. The number of benzene rings is 1. The molecule has 0 spiro atoms. The summed E-state index contributed by atoms with van der Waals surface area (Å²) in [6.45, 7) is 3.50. The zero-order chi connectivity index (χ0) is 21.1. The van der Waals surface area contributed by atoms with Crippen LogP contribution in [0.25, 0.3) is 6.08 Å². The van der Waals surface area contributed by atoms with Gasteiger partial charge in [0.25, 0.3) is 0 Å². The second kappa shape index (κ2) is 8.74. The molecular weight excluding hydrogens is 398 g/mol. The van der Waals surface area contributed by atoms with Gasteiger partial charge in [0, 0.05) is 30.1 Å². The van der Waals surface area contributed by atoms with Gasteiger partial charge in [-0.05, 0) is 37.0 Å². The molecular formula is C23H28ClN5O. The molecule has 1 fully saturated rings. The number of allylic oxidation sites excluding steroid dienone is 1. The number of nitrogens with two attached hydrogens (primary N) is 1. The number of halogens is 1. The maximum atomic E-state index is 13.2. The fourth-order valence-electron chi connectivity index (χ4n) is 4.25. The molecule has 158 valence electrons. The molecule has 1 atom stereocenters. The zero-order valence-corrected chi connectivity index (χ0v) is 18.0. The standard InChI is InChI=1S/C23H28ClN5O/c1-2-4-19(16-7-9-17(24)10-8-16)28-22(30)23(25)11-13-29(14-12-23)21-18-5-3-6-20(18)26-15-27-21/h3,5,7-10,15,19H,2,4,6,11-14,25H2,1H3,(H,28,30)/t19-/m0/s1. The highest BCUT2D eigenvalue weighted by Gasteiger charge is 2.39. The van der Waals surface area contributed by atoms with E-state index in [0.29, 0.717) is 31.0 Å². The first-order valence-corrected chi connectivity index (χ1v) is 11.0. The van der Waals surface area contributed by atoms with Gasteiger partial charge in [0.15, 0.2) is 0 Å². The van der Waals surface area contributed by atoms with E-state index in [1.165, 1.54) is 0 Å². The van der Waals surface area contributed by atoms with Crippen LogP contribution >= 0.6 is 11.6 Å². The molecule has 30 heavy (non-hydrogen) atoms. The van der Waals surface area contributed by atoms with Crippen molar-refractivity contribution in [1.29, 1.82) is 0 Å². The average molecular weight is 426 g/mol. The highest BCUT2D eigenvalue weighted by molar-refractivity contribution is 6.30. The minimum absolute atomic E-state index is 0.0616. The van der Waals surface area contributed by atoms with Crippen molar-refractivity contribution in [3.8, 4) is 0 Å². The van der Waals surface area contributed by atoms with Crippen LogP contribution in [-0.2, 0) is 11.2 Å². The number of hydrogen-bond acceptors (Lipinski definition) is 5. The second-order valence-corrected chi connectivity index (χ2v) is 8.61. The maximum absolute atomic E-state index is 13.2. The Morgan fingerprint density at radius 1 is 1.27 bits per heavy atom. The summed E-state index contributed by atoms with van der Waals surface area (Å²) < 4.78 is 0. The van der Waals surface area contributed by atoms with Crippen LogP contribution < -0.4 is 16.0 Å². The quantitative estimate of drug-likeness (QED) is 0.737. The Kier molecular flexibility index (Phi) is 6.06. The van der Waals surface area contributed by atoms with Crippen molar-refractivity contribution < 1.29 is 4.79 Å². The number of aromatic nitrogens is 2. The van der Waals surface area contributed by atoms with Gasteiger partial charge in [-0.1, -0.05) is 49.2 Å². The van der Waals surface area contributed by atoms with Crippen molar-refractivity contribution in [2.75, 3.05) is 18.0 Å². The predicted molar refractivity (Wildman–Crippen MR) is 120 cm³/mol. The normalized spacial score (nSPS) is 18.2. The zero-order valence-electron chi connectivity index (χ0n) is 17.3. The number of rotatable bonds is 6. The highest BCUT2D eigenvalue weighted by atomic mass is 35.5. The van der Waals surface area contributed by atoms with E-state index in [9.17, 15) is 4.79 Å². The number of nitrogens with one attached hydrogen (secondary N) is 1. The molecule has 1 aliphatic heterocycles. The van der Waals surface area contributed by atoms with Crippen molar-refractivity contribution in [3.05, 3.63) is 58.5 Å². The van der Waals surface area contributed by atoms with Crippen LogP contribution in [0.15, 0.2) is 36.7 Å². The highest BCUT2D eigenvalue weighted by Crippen LogP contribution is 2.31. The number of piperidine rings is 1. The molecule has 0 bridgehead atoms. The summed E-state index contributed by atoms with van der Waals surface area (Å²) in [5, 5.41) is 3.89. The van der Waals surface area contributed by atoms with Crippen molar-refractivity contribution >= 4 is 29.4 Å². The molecule has 7 heteroatoms. The van der Waals surface area contributed by atoms with Crippen LogP contribution in [0.2, 0.25) is 5.02 Å². The number of amides is 1. The molecule has 0 unspecified atom stereocenters. The monoisotopic (exact) mass is 425 g/mol. The summed E-state index contributed by atoms with van der Waals surface area (Å²) in [7, 11) is 0. The molecule has 2 aromatic rings. The Morgan fingerprint density at radius 2 is 2.00 bits per heavy atom. The van der Waals surface area contributed by atoms with Crippen molar-refractivity contribution in [1.82, 2.24) is 15.3 Å². The number of anilines is 1. The van der Waals surface area contributed by atoms with E-state index in [4.69, 9.17) is 17.3 Å². The van der Waals surface area contributed by atoms with Gasteiger partial charge in [-0.2, -0.15) is 0 Å². The van der Waals surface area contributed by atoms with E-state index in [1.54, 1.807) is 6.33 Å². The van der Waals surface area contributed by atoms with E-state index in [-0.39, 0.29) is 11.9 Å². The molecule has 0 saturated carbocycles. The topological polar surface area (TPSA) is 84.1 Å². The molecule has 1 aliphatic carbocycles. The van der Waals surface area contributed by atoms with Gasteiger partial charge >= 0.3 is 0 Å². The molecule has 1 aromatic carbocycles. The predicted octanol–water partition coefficient (Wildman–Crippen LogP) is 3.65. The molecule has 1 amide bonds. The van der Waals surface area contributed by atoms with Gasteiger partial charge in [-0.25, -0.2) is 9.97 Å². The summed E-state index contributed by atoms with van der Waals surface area (Å²) in [6, 6.07) is 7.60. The first-order chi connectivity index (χ1) is 14.5. The Labute approximate surface area is 182 Å². The van der Waals surface area contributed by atoms with Crippen molar-refractivity contribution in [3.63, 3.8) is 0 Å². The van der Waals surface area contributed by atoms with Crippen molar-refractivity contribution in [2.24, 2.45) is 5.73 Å². The van der Waals surface area contributed by atoms with Crippen LogP contribution in [-0.4, -0.2) is 34.5 Å². The van der Waals surface area contributed by atoms with E-state index in [0.717, 1.165) is 41.9 Å². The number of carbonyl (C=O) groups is 1. The summed E-state index contributed by atoms with van der Waals surface area (Å²) in [6.07, 6.45) is 9.66.